The zero-order valence-electron chi connectivity index (χ0n) is 10.9. The van der Waals surface area contributed by atoms with Crippen molar-refractivity contribution in [3.8, 4) is 0 Å². The van der Waals surface area contributed by atoms with Crippen molar-refractivity contribution in [2.45, 2.75) is 38.1 Å². The second kappa shape index (κ2) is 5.50. The summed E-state index contributed by atoms with van der Waals surface area (Å²) < 4.78 is 1.03. The van der Waals surface area contributed by atoms with Gasteiger partial charge in [-0.3, -0.25) is 4.48 Å². The second-order valence-corrected chi connectivity index (χ2v) is 5.37. The van der Waals surface area contributed by atoms with E-state index in [2.05, 4.69) is 50.0 Å². The third-order valence-electron chi connectivity index (χ3n) is 4.24. The monoisotopic (exact) mass is 230 g/mol. The van der Waals surface area contributed by atoms with E-state index in [4.69, 9.17) is 0 Å². The first-order valence-electron chi connectivity index (χ1n) is 6.79. The van der Waals surface area contributed by atoms with E-state index in [1.54, 1.807) is 0 Å². The number of likely N-dealkylation sites (N-methyl/N-ethyl adjacent to an activating group) is 1. The molecule has 0 aliphatic heterocycles. The van der Waals surface area contributed by atoms with Crippen molar-refractivity contribution in [3.05, 3.63) is 43.0 Å². The van der Waals surface area contributed by atoms with Crippen LogP contribution >= 0.6 is 0 Å². The summed E-state index contributed by atoms with van der Waals surface area (Å²) >= 11 is 0. The van der Waals surface area contributed by atoms with E-state index in [0.29, 0.717) is 0 Å². The molecule has 0 bridgehead atoms. The highest BCUT2D eigenvalue weighted by Gasteiger charge is 2.34. The normalized spacial score (nSPS) is 20.8. The highest BCUT2D eigenvalue weighted by Crippen LogP contribution is 2.32. The fraction of sp³-hybridized carbons (Fsp3) is 0.500. The van der Waals surface area contributed by atoms with Crippen LogP contribution in [0.4, 0.5) is 5.69 Å². The van der Waals surface area contributed by atoms with Crippen LogP contribution < -0.4 is 4.48 Å². The van der Waals surface area contributed by atoms with Gasteiger partial charge in [0.15, 0.2) is 0 Å². The SMILES string of the molecule is C=CC[N@+](C)(c1ccccc1)C1CCCCC1. The molecule has 1 fully saturated rings. The summed E-state index contributed by atoms with van der Waals surface area (Å²) in [5, 5.41) is 0. The molecule has 0 aromatic heterocycles. The molecule has 1 nitrogen and oxygen atoms in total. The molecule has 0 N–H and O–H groups in total. The molecule has 2 rings (SSSR count). The summed E-state index contributed by atoms with van der Waals surface area (Å²) in [6.45, 7) is 4.99. The third-order valence-corrected chi connectivity index (χ3v) is 4.24. The minimum Gasteiger partial charge on any atom is -0.288 e. The first kappa shape index (κ1) is 12.4. The largest absolute Gasteiger partial charge is 0.288 e. The van der Waals surface area contributed by atoms with Gasteiger partial charge in [-0.2, -0.15) is 0 Å². The highest BCUT2D eigenvalue weighted by atomic mass is 15.4. The number of para-hydroxylation sites is 1. The molecular weight excluding hydrogens is 206 g/mol. The minimum atomic E-state index is 0.768. The van der Waals surface area contributed by atoms with Crippen molar-refractivity contribution in [1.82, 2.24) is 4.48 Å². The predicted octanol–water partition coefficient (Wildman–Crippen LogP) is 4.14. The van der Waals surface area contributed by atoms with Crippen molar-refractivity contribution in [3.63, 3.8) is 0 Å². The average molecular weight is 230 g/mol. The van der Waals surface area contributed by atoms with Gasteiger partial charge in [-0.05, 0) is 43.9 Å². The lowest BCUT2D eigenvalue weighted by Crippen LogP contribution is -2.54. The van der Waals surface area contributed by atoms with E-state index in [0.717, 1.165) is 17.1 Å². The number of hydrogen-bond acceptors (Lipinski definition) is 0. The van der Waals surface area contributed by atoms with Crippen LogP contribution in [0.1, 0.15) is 32.1 Å². The van der Waals surface area contributed by atoms with Crippen molar-refractivity contribution < 1.29 is 0 Å². The van der Waals surface area contributed by atoms with E-state index in [-0.39, 0.29) is 0 Å². The number of nitrogens with zero attached hydrogens (tertiary/aromatic N) is 1. The van der Waals surface area contributed by atoms with Gasteiger partial charge in [-0.1, -0.05) is 31.2 Å². The van der Waals surface area contributed by atoms with Crippen LogP contribution in [0.5, 0.6) is 0 Å². The molecule has 0 saturated heterocycles. The maximum absolute atomic E-state index is 3.95. The average Bonchev–Trinajstić information content (AvgIpc) is 2.41. The second-order valence-electron chi connectivity index (χ2n) is 5.37. The Kier molecular flexibility index (Phi) is 4.01. The molecule has 0 spiro atoms. The van der Waals surface area contributed by atoms with E-state index in [1.165, 1.54) is 37.8 Å². The number of hydrogen-bond donors (Lipinski definition) is 0. The minimum absolute atomic E-state index is 0.768. The maximum atomic E-state index is 3.95. The van der Waals surface area contributed by atoms with Crippen molar-refractivity contribution >= 4 is 5.69 Å². The standard InChI is InChI=1S/C16H24N/c1-3-14-17(2,15-10-6-4-7-11-15)16-12-8-5-9-13-16/h3-4,6-7,10-11,16H,1,5,8-9,12-14H2,2H3/q+1/t17-/m1/s1. The summed E-state index contributed by atoms with van der Waals surface area (Å²) in [7, 11) is 2.37. The Morgan fingerprint density at radius 1 is 1.18 bits per heavy atom. The summed E-state index contributed by atoms with van der Waals surface area (Å²) in [5.41, 5.74) is 1.43. The lowest BCUT2D eigenvalue weighted by atomic mass is 9.92. The molecule has 1 atom stereocenters. The smallest absolute Gasteiger partial charge is 0.133 e. The predicted molar refractivity (Wildman–Crippen MR) is 76.1 cm³/mol. The van der Waals surface area contributed by atoms with Crippen LogP contribution in [0.3, 0.4) is 0 Å². The maximum Gasteiger partial charge on any atom is 0.133 e. The molecule has 1 aromatic rings. The first-order valence-corrected chi connectivity index (χ1v) is 6.79. The van der Waals surface area contributed by atoms with Crippen LogP contribution in [0.25, 0.3) is 0 Å². The van der Waals surface area contributed by atoms with Gasteiger partial charge in [0.05, 0.1) is 13.1 Å². The molecule has 0 unspecified atom stereocenters. The number of rotatable bonds is 4. The molecule has 92 valence electrons. The van der Waals surface area contributed by atoms with E-state index in [1.807, 2.05) is 0 Å². The Balaban J connectivity index is 2.27. The van der Waals surface area contributed by atoms with E-state index < -0.39 is 0 Å². The lowest BCUT2D eigenvalue weighted by molar-refractivity contribution is 0.210. The Labute approximate surface area is 105 Å². The zero-order chi connectivity index (χ0) is 12.1. The van der Waals surface area contributed by atoms with Gasteiger partial charge in [0.25, 0.3) is 0 Å². The molecule has 0 radical (unpaired) electrons. The number of quaternary nitrogens is 1. The molecular formula is C16H24N+. The zero-order valence-corrected chi connectivity index (χ0v) is 10.9. The third kappa shape index (κ3) is 2.61. The van der Waals surface area contributed by atoms with Gasteiger partial charge in [0.2, 0.25) is 0 Å². The van der Waals surface area contributed by atoms with Crippen LogP contribution in [0.2, 0.25) is 0 Å². The molecule has 17 heavy (non-hydrogen) atoms. The topological polar surface area (TPSA) is 0 Å². The van der Waals surface area contributed by atoms with Gasteiger partial charge < -0.3 is 0 Å². The Hall–Kier alpha value is -1.08. The van der Waals surface area contributed by atoms with Crippen molar-refractivity contribution in [2.75, 3.05) is 13.6 Å². The Morgan fingerprint density at radius 3 is 2.41 bits per heavy atom. The highest BCUT2D eigenvalue weighted by molar-refractivity contribution is 5.43. The van der Waals surface area contributed by atoms with Crippen LogP contribution in [0, 0.1) is 0 Å². The van der Waals surface area contributed by atoms with E-state index >= 15 is 0 Å². The fourth-order valence-corrected chi connectivity index (χ4v) is 3.15. The van der Waals surface area contributed by atoms with Crippen LogP contribution in [-0.2, 0) is 0 Å². The summed E-state index contributed by atoms with van der Waals surface area (Å²) in [5.74, 6) is 0. The quantitative estimate of drug-likeness (QED) is 0.538. The van der Waals surface area contributed by atoms with Gasteiger partial charge in [0, 0.05) is 0 Å². The molecule has 1 aromatic carbocycles. The Morgan fingerprint density at radius 2 is 1.82 bits per heavy atom. The lowest BCUT2D eigenvalue weighted by Gasteiger charge is -2.42. The first-order chi connectivity index (χ1) is 8.27. The number of benzene rings is 1. The van der Waals surface area contributed by atoms with Crippen LogP contribution in [0.15, 0.2) is 43.0 Å². The van der Waals surface area contributed by atoms with Crippen LogP contribution in [-0.4, -0.2) is 19.6 Å². The summed E-state index contributed by atoms with van der Waals surface area (Å²) in [4.78, 5) is 0. The summed E-state index contributed by atoms with van der Waals surface area (Å²) in [6, 6.07) is 11.7. The van der Waals surface area contributed by atoms with Crippen molar-refractivity contribution in [1.29, 1.82) is 0 Å². The Bertz CT molecular complexity index is 351. The summed E-state index contributed by atoms with van der Waals surface area (Å²) in [6.07, 6.45) is 8.99. The molecule has 0 amide bonds. The fourth-order valence-electron chi connectivity index (χ4n) is 3.15. The van der Waals surface area contributed by atoms with E-state index in [9.17, 15) is 0 Å². The van der Waals surface area contributed by atoms with Crippen molar-refractivity contribution in [2.24, 2.45) is 0 Å². The molecule has 1 aliphatic rings. The molecule has 1 saturated carbocycles. The van der Waals surface area contributed by atoms with Gasteiger partial charge in [0.1, 0.15) is 12.2 Å². The van der Waals surface area contributed by atoms with Gasteiger partial charge >= 0.3 is 0 Å². The molecule has 1 heteroatoms. The van der Waals surface area contributed by atoms with Gasteiger partial charge in [-0.15, -0.1) is 0 Å². The van der Waals surface area contributed by atoms with Gasteiger partial charge in [-0.25, -0.2) is 0 Å². The molecule has 0 heterocycles. The molecule has 1 aliphatic carbocycles.